The van der Waals surface area contributed by atoms with Crippen LogP contribution in [-0.4, -0.2) is 13.9 Å². The molecule has 0 radical (unpaired) electrons. The maximum Gasteiger partial charge on any atom is 0.534 e. The summed E-state index contributed by atoms with van der Waals surface area (Å²) in [6, 6.07) is 49.6. The van der Waals surface area contributed by atoms with Crippen molar-refractivity contribution in [1.29, 1.82) is 0 Å². The van der Waals surface area contributed by atoms with E-state index in [1.165, 1.54) is 24.3 Å². The molecular formula is C50H34F3NO5S. The molecule has 6 nitrogen and oxygen atoms in total. The van der Waals surface area contributed by atoms with Crippen molar-refractivity contribution in [3.63, 3.8) is 0 Å². The second-order valence-corrected chi connectivity index (χ2v) is 15.5. The van der Waals surface area contributed by atoms with Crippen molar-refractivity contribution in [1.82, 2.24) is 0 Å². The number of hydrogen-bond donors (Lipinski definition) is 0. The molecule has 0 N–H and O–H groups in total. The number of hydrogen-bond acceptors (Lipinski definition) is 6. The van der Waals surface area contributed by atoms with Crippen LogP contribution in [0.3, 0.4) is 0 Å². The van der Waals surface area contributed by atoms with Gasteiger partial charge in [-0.05, 0) is 83.8 Å². The summed E-state index contributed by atoms with van der Waals surface area (Å²) in [5.41, 5.74) is 4.77. The topological polar surface area (TPSA) is 72.9 Å². The fraction of sp³-hybridized carbons (Fsp3) is 0.0400. The largest absolute Gasteiger partial charge is 0.534 e. The zero-order valence-electron chi connectivity index (χ0n) is 31.9. The Hall–Kier alpha value is -7.30. The number of benzene rings is 7. The van der Waals surface area contributed by atoms with Crippen LogP contribution in [0.25, 0.3) is 71.7 Å². The molecule has 60 heavy (non-hydrogen) atoms. The van der Waals surface area contributed by atoms with E-state index in [-0.39, 0.29) is 0 Å². The van der Waals surface area contributed by atoms with E-state index in [9.17, 15) is 21.6 Å². The molecule has 9 aromatic rings. The van der Waals surface area contributed by atoms with Gasteiger partial charge >= 0.3 is 15.6 Å². The van der Waals surface area contributed by atoms with Crippen LogP contribution in [0.1, 0.15) is 12.5 Å². The van der Waals surface area contributed by atoms with Crippen LogP contribution in [-0.2, 0) is 10.1 Å². The first kappa shape index (κ1) is 38.2. The Morgan fingerprint density at radius 1 is 0.600 bits per heavy atom. The summed E-state index contributed by atoms with van der Waals surface area (Å²) in [5.74, 6) is -0.439. The highest BCUT2D eigenvalue weighted by atomic mass is 32.2. The molecule has 10 heteroatoms. The molecule has 7 aromatic carbocycles. The molecule has 0 fully saturated rings. The van der Waals surface area contributed by atoms with Gasteiger partial charge in [0.1, 0.15) is 28.1 Å². The fourth-order valence-corrected chi connectivity index (χ4v) is 7.87. The Labute approximate surface area is 343 Å². The second-order valence-electron chi connectivity index (χ2n) is 14.0. The van der Waals surface area contributed by atoms with Gasteiger partial charge in [0.2, 0.25) is 0 Å². The predicted octanol–water partition coefficient (Wildman–Crippen LogP) is 14.4. The van der Waals surface area contributed by atoms with Gasteiger partial charge in [-0.3, -0.25) is 0 Å². The first-order chi connectivity index (χ1) is 29.1. The van der Waals surface area contributed by atoms with Gasteiger partial charge in [0.25, 0.3) is 0 Å². The monoisotopic (exact) mass is 817 g/mol. The van der Waals surface area contributed by atoms with Crippen LogP contribution < -0.4 is 9.08 Å². The van der Waals surface area contributed by atoms with Crippen molar-refractivity contribution in [2.24, 2.45) is 0 Å². The predicted molar refractivity (Wildman–Crippen MR) is 234 cm³/mol. The molecule has 0 bridgehead atoms. The van der Waals surface area contributed by atoms with Gasteiger partial charge in [-0.1, -0.05) is 127 Å². The van der Waals surface area contributed by atoms with Gasteiger partial charge in [0.05, 0.1) is 0 Å². The summed E-state index contributed by atoms with van der Waals surface area (Å²) in [6.45, 7) is 1.97. The zero-order chi connectivity index (χ0) is 41.4. The molecule has 9 rings (SSSR count). The van der Waals surface area contributed by atoms with Crippen LogP contribution in [0.2, 0.25) is 0 Å². The third kappa shape index (κ3) is 7.22. The van der Waals surface area contributed by atoms with Crippen molar-refractivity contribution in [2.45, 2.75) is 12.4 Å². The van der Waals surface area contributed by atoms with Crippen LogP contribution >= 0.6 is 0 Å². The summed E-state index contributed by atoms with van der Waals surface area (Å²) in [4.78, 5) is 2.06. The van der Waals surface area contributed by atoms with E-state index in [4.69, 9.17) is 8.83 Å². The lowest BCUT2D eigenvalue weighted by Gasteiger charge is -2.22. The third-order valence-electron chi connectivity index (χ3n) is 10.3. The van der Waals surface area contributed by atoms with Crippen LogP contribution in [0.4, 0.5) is 24.5 Å². The highest BCUT2D eigenvalue weighted by molar-refractivity contribution is 7.88. The maximum absolute atomic E-state index is 12.9. The number of nitrogens with zero attached hydrogens (tertiary/aromatic N) is 1. The molecule has 2 aromatic heterocycles. The Morgan fingerprint density at radius 3 is 1.72 bits per heavy atom. The standard InChI is InChI=1S/C50H34F3NO5S/c1-2-10-35(40-14-7-16-44-42-12-3-5-18-46(42)57-48(40)44)11-9-32-54(37-26-20-33(21-27-37)34-24-30-39(31-25-34)59-60(55,56)50(51,52)53)38-28-22-36(23-29-38)41-15-8-17-45-43-13-4-6-19-47(43)58-49(41)45/h2-32H,1H3/b10-2-,32-9+,35-11+. The third-order valence-corrected chi connectivity index (χ3v) is 11.2. The number of halogens is 3. The molecule has 0 aliphatic rings. The summed E-state index contributed by atoms with van der Waals surface area (Å²) >= 11 is 0. The summed E-state index contributed by atoms with van der Waals surface area (Å²) in [6.07, 6.45) is 10.1. The second kappa shape index (κ2) is 15.5. The Balaban J connectivity index is 1.07. The van der Waals surface area contributed by atoms with E-state index in [1.807, 2.05) is 110 Å². The zero-order valence-corrected chi connectivity index (χ0v) is 32.7. The van der Waals surface area contributed by atoms with Gasteiger partial charge in [-0.15, -0.1) is 0 Å². The summed E-state index contributed by atoms with van der Waals surface area (Å²) in [5, 5.41) is 4.20. The lowest BCUT2D eigenvalue weighted by molar-refractivity contribution is -0.0500. The minimum Gasteiger partial charge on any atom is -0.455 e. The first-order valence-electron chi connectivity index (χ1n) is 19.0. The average Bonchev–Trinajstić information content (AvgIpc) is 3.84. The van der Waals surface area contributed by atoms with Crippen LogP contribution in [0.5, 0.6) is 5.75 Å². The summed E-state index contributed by atoms with van der Waals surface area (Å²) < 4.78 is 78.6. The maximum atomic E-state index is 12.9. The highest BCUT2D eigenvalue weighted by Gasteiger charge is 2.48. The molecule has 0 amide bonds. The van der Waals surface area contributed by atoms with Gasteiger partial charge < -0.3 is 17.9 Å². The molecule has 2 heterocycles. The van der Waals surface area contributed by atoms with E-state index in [2.05, 4.69) is 69.7 Å². The summed E-state index contributed by atoms with van der Waals surface area (Å²) in [7, 11) is -5.78. The van der Waals surface area contributed by atoms with E-state index < -0.39 is 21.4 Å². The normalized spacial score (nSPS) is 12.8. The SMILES string of the molecule is C\C=C/C(=C\C=C\N(c1ccc(-c2ccc(OS(=O)(=O)C(F)(F)F)cc2)cc1)c1ccc(-c2cccc3c2oc2ccccc23)cc1)c1cccc2c1oc1ccccc12. The smallest absolute Gasteiger partial charge is 0.455 e. The molecular weight excluding hydrogens is 784 g/mol. The molecule has 0 aliphatic heterocycles. The first-order valence-corrected chi connectivity index (χ1v) is 20.4. The number of para-hydroxylation sites is 4. The molecule has 0 unspecified atom stereocenters. The lowest BCUT2D eigenvalue weighted by atomic mass is 10.0. The Morgan fingerprint density at radius 2 is 1.12 bits per heavy atom. The molecule has 0 aliphatic carbocycles. The number of anilines is 2. The quantitative estimate of drug-likeness (QED) is 0.0777. The van der Waals surface area contributed by atoms with E-state index in [1.54, 1.807) is 0 Å². The minimum atomic E-state index is -5.78. The van der Waals surface area contributed by atoms with Crippen LogP contribution in [0, 0.1) is 0 Å². The number of alkyl halides is 3. The number of allylic oxidation sites excluding steroid dienone is 5. The van der Waals surface area contributed by atoms with E-state index in [0.29, 0.717) is 5.56 Å². The Kier molecular flexibility index (Phi) is 9.85. The lowest BCUT2D eigenvalue weighted by Crippen LogP contribution is -2.28. The number of furan rings is 2. The number of rotatable bonds is 10. The molecule has 0 saturated heterocycles. The highest BCUT2D eigenvalue weighted by Crippen LogP contribution is 2.38. The van der Waals surface area contributed by atoms with Crippen molar-refractivity contribution in [3.05, 3.63) is 194 Å². The fourth-order valence-electron chi connectivity index (χ4n) is 7.41. The molecule has 0 atom stereocenters. The van der Waals surface area contributed by atoms with Crippen molar-refractivity contribution in [2.75, 3.05) is 4.90 Å². The Bertz CT molecular complexity index is 3230. The molecule has 296 valence electrons. The minimum absolute atomic E-state index is 0.439. The molecule has 0 saturated carbocycles. The van der Waals surface area contributed by atoms with Crippen molar-refractivity contribution < 1.29 is 34.6 Å². The van der Waals surface area contributed by atoms with Gasteiger partial charge in [0.15, 0.2) is 0 Å². The molecule has 0 spiro atoms. The van der Waals surface area contributed by atoms with E-state index in [0.717, 1.165) is 83.1 Å². The van der Waals surface area contributed by atoms with Crippen LogP contribution in [0.15, 0.2) is 197 Å². The van der Waals surface area contributed by atoms with Gasteiger partial charge in [0, 0.05) is 50.2 Å². The van der Waals surface area contributed by atoms with Gasteiger partial charge in [-0.25, -0.2) is 0 Å². The average molecular weight is 818 g/mol. The van der Waals surface area contributed by atoms with Crippen molar-refractivity contribution >= 4 is 70.9 Å². The van der Waals surface area contributed by atoms with E-state index >= 15 is 0 Å². The van der Waals surface area contributed by atoms with Crippen molar-refractivity contribution in [3.8, 4) is 28.0 Å². The van der Waals surface area contributed by atoms with Gasteiger partial charge in [-0.2, -0.15) is 21.6 Å². The number of fused-ring (bicyclic) bond motifs is 6.